The van der Waals surface area contributed by atoms with Crippen LogP contribution in [0, 0.1) is 0 Å². The number of nitrogens with one attached hydrogen (secondary N) is 1. The summed E-state index contributed by atoms with van der Waals surface area (Å²) in [5.41, 5.74) is 5.52. The van der Waals surface area contributed by atoms with Crippen LogP contribution in [-0.2, 0) is 14.3 Å². The van der Waals surface area contributed by atoms with E-state index in [0.717, 1.165) is 0 Å². The molecule has 5 nitrogen and oxygen atoms in total. The molecule has 0 aliphatic carbocycles. The van der Waals surface area contributed by atoms with Crippen molar-refractivity contribution in [2.24, 2.45) is 5.73 Å². The van der Waals surface area contributed by atoms with Gasteiger partial charge < -0.3 is 15.8 Å². The topological polar surface area (TPSA) is 81.4 Å². The number of carbonyl (C=O) groups is 2. The van der Waals surface area contributed by atoms with Gasteiger partial charge in [0.15, 0.2) is 0 Å². The molecule has 0 aromatic heterocycles. The summed E-state index contributed by atoms with van der Waals surface area (Å²) in [6.07, 6.45) is 0. The maximum atomic E-state index is 11.2. The maximum Gasteiger partial charge on any atom is 0.250 e. The number of rotatable bonds is 5. The predicted molar refractivity (Wildman–Crippen MR) is 55.1 cm³/mol. The van der Waals surface area contributed by atoms with Crippen LogP contribution in [-0.4, -0.2) is 25.0 Å². The first-order chi connectivity index (χ1) is 7.18. The number of anilines is 1. The second kappa shape index (κ2) is 5.77. The van der Waals surface area contributed by atoms with E-state index in [-0.39, 0.29) is 19.1 Å². The third-order valence-electron chi connectivity index (χ3n) is 1.54. The lowest BCUT2D eigenvalue weighted by Gasteiger charge is -2.04. The Labute approximate surface area is 87.2 Å². The molecule has 1 rings (SSSR count). The second-order valence-corrected chi connectivity index (χ2v) is 2.87. The average Bonchev–Trinajstić information content (AvgIpc) is 2.18. The molecule has 0 saturated carbocycles. The largest absolute Gasteiger partial charge is 0.368 e. The van der Waals surface area contributed by atoms with Gasteiger partial charge in [0.2, 0.25) is 11.8 Å². The molecule has 0 radical (unpaired) electrons. The van der Waals surface area contributed by atoms with Gasteiger partial charge in [-0.25, -0.2) is 0 Å². The van der Waals surface area contributed by atoms with Crippen LogP contribution >= 0.6 is 0 Å². The first-order valence-electron chi connectivity index (χ1n) is 4.39. The van der Waals surface area contributed by atoms with E-state index in [9.17, 15) is 9.59 Å². The summed E-state index contributed by atoms with van der Waals surface area (Å²) >= 11 is 0. The molecule has 0 heterocycles. The molecule has 80 valence electrons. The van der Waals surface area contributed by atoms with Crippen LogP contribution in [0.3, 0.4) is 0 Å². The molecule has 0 aliphatic rings. The molecule has 0 bridgehead atoms. The number of hydrogen-bond acceptors (Lipinski definition) is 3. The zero-order valence-electron chi connectivity index (χ0n) is 8.10. The van der Waals surface area contributed by atoms with Crippen molar-refractivity contribution in [2.75, 3.05) is 18.5 Å². The maximum absolute atomic E-state index is 11.2. The fourth-order valence-corrected chi connectivity index (χ4v) is 0.963. The molecule has 5 heteroatoms. The Kier molecular flexibility index (Phi) is 4.30. The van der Waals surface area contributed by atoms with Gasteiger partial charge in [0.05, 0.1) is 0 Å². The summed E-state index contributed by atoms with van der Waals surface area (Å²) in [6, 6.07) is 8.97. The highest BCUT2D eigenvalue weighted by molar-refractivity contribution is 5.91. The predicted octanol–water partition coefficient (Wildman–Crippen LogP) is 0.127. The van der Waals surface area contributed by atoms with Gasteiger partial charge in [0.25, 0.3) is 0 Å². The third kappa shape index (κ3) is 4.78. The van der Waals surface area contributed by atoms with Gasteiger partial charge in [0, 0.05) is 5.69 Å². The highest BCUT2D eigenvalue weighted by atomic mass is 16.5. The lowest BCUT2D eigenvalue weighted by Crippen LogP contribution is -2.24. The minimum absolute atomic E-state index is 0.183. The van der Waals surface area contributed by atoms with Gasteiger partial charge in [-0.2, -0.15) is 0 Å². The number of nitrogens with two attached hydrogens (primary N) is 1. The van der Waals surface area contributed by atoms with E-state index in [1.807, 2.05) is 6.07 Å². The van der Waals surface area contributed by atoms with Crippen molar-refractivity contribution in [2.45, 2.75) is 0 Å². The van der Waals surface area contributed by atoms with Gasteiger partial charge >= 0.3 is 0 Å². The van der Waals surface area contributed by atoms with Crippen molar-refractivity contribution >= 4 is 17.5 Å². The first-order valence-corrected chi connectivity index (χ1v) is 4.39. The Balaban J connectivity index is 2.28. The fraction of sp³-hybridized carbons (Fsp3) is 0.200. The molecule has 0 aliphatic heterocycles. The molecule has 2 amide bonds. The number of primary amides is 1. The number of para-hydroxylation sites is 1. The van der Waals surface area contributed by atoms with E-state index >= 15 is 0 Å². The number of carbonyl (C=O) groups excluding carboxylic acids is 2. The number of hydrogen-bond donors (Lipinski definition) is 2. The van der Waals surface area contributed by atoms with Crippen LogP contribution in [0.5, 0.6) is 0 Å². The van der Waals surface area contributed by atoms with Gasteiger partial charge in [-0.3, -0.25) is 9.59 Å². The van der Waals surface area contributed by atoms with Crippen LogP contribution < -0.4 is 11.1 Å². The Morgan fingerprint density at radius 2 is 1.87 bits per heavy atom. The Bertz CT molecular complexity index is 338. The number of amides is 2. The van der Waals surface area contributed by atoms with Crippen molar-refractivity contribution in [3.05, 3.63) is 30.3 Å². The first kappa shape index (κ1) is 11.2. The normalized spacial score (nSPS) is 9.60. The van der Waals surface area contributed by atoms with E-state index < -0.39 is 5.91 Å². The monoisotopic (exact) mass is 208 g/mol. The fourth-order valence-electron chi connectivity index (χ4n) is 0.963. The molecule has 0 atom stereocenters. The molecular weight excluding hydrogens is 196 g/mol. The van der Waals surface area contributed by atoms with Crippen LogP contribution in [0.2, 0.25) is 0 Å². The minimum atomic E-state index is -0.595. The van der Waals surface area contributed by atoms with Gasteiger partial charge in [0.1, 0.15) is 13.2 Å². The molecule has 0 spiro atoms. The molecule has 0 saturated heterocycles. The quantitative estimate of drug-likeness (QED) is 0.721. The van der Waals surface area contributed by atoms with E-state index in [4.69, 9.17) is 10.5 Å². The van der Waals surface area contributed by atoms with Gasteiger partial charge in [-0.15, -0.1) is 0 Å². The number of ether oxygens (including phenoxy) is 1. The third-order valence-corrected chi connectivity index (χ3v) is 1.54. The smallest absolute Gasteiger partial charge is 0.250 e. The molecule has 1 aromatic rings. The van der Waals surface area contributed by atoms with Crippen LogP contribution in [0.4, 0.5) is 5.69 Å². The molecule has 0 fully saturated rings. The summed E-state index contributed by atoms with van der Waals surface area (Å²) in [6.45, 7) is -0.431. The van der Waals surface area contributed by atoms with Crippen LogP contribution in [0.25, 0.3) is 0 Å². The molecule has 1 aromatic carbocycles. The summed E-state index contributed by atoms with van der Waals surface area (Å²) in [5, 5.41) is 2.60. The van der Waals surface area contributed by atoms with E-state index in [1.54, 1.807) is 24.3 Å². The van der Waals surface area contributed by atoms with Crippen molar-refractivity contribution in [3.8, 4) is 0 Å². The Morgan fingerprint density at radius 1 is 1.20 bits per heavy atom. The zero-order chi connectivity index (χ0) is 11.1. The van der Waals surface area contributed by atoms with Crippen molar-refractivity contribution in [1.29, 1.82) is 0 Å². The number of benzene rings is 1. The van der Waals surface area contributed by atoms with Crippen molar-refractivity contribution in [3.63, 3.8) is 0 Å². The minimum Gasteiger partial charge on any atom is -0.368 e. The van der Waals surface area contributed by atoms with Crippen LogP contribution in [0.1, 0.15) is 0 Å². The van der Waals surface area contributed by atoms with Gasteiger partial charge in [-0.1, -0.05) is 18.2 Å². The van der Waals surface area contributed by atoms with E-state index in [2.05, 4.69) is 5.32 Å². The Morgan fingerprint density at radius 3 is 2.47 bits per heavy atom. The lowest BCUT2D eigenvalue weighted by molar-refractivity contribution is -0.126. The summed E-state index contributed by atoms with van der Waals surface area (Å²) < 4.78 is 4.74. The lowest BCUT2D eigenvalue weighted by atomic mass is 10.3. The van der Waals surface area contributed by atoms with Crippen molar-refractivity contribution < 1.29 is 14.3 Å². The van der Waals surface area contributed by atoms with Crippen molar-refractivity contribution in [1.82, 2.24) is 0 Å². The highest BCUT2D eigenvalue weighted by Crippen LogP contribution is 2.04. The summed E-state index contributed by atoms with van der Waals surface area (Å²) in [7, 11) is 0. The van der Waals surface area contributed by atoms with Crippen LogP contribution in [0.15, 0.2) is 30.3 Å². The summed E-state index contributed by atoms with van der Waals surface area (Å²) in [4.78, 5) is 21.5. The standard InChI is InChI=1S/C10H12N2O3/c11-9(13)6-15-7-10(14)12-8-4-2-1-3-5-8/h1-5H,6-7H2,(H2,11,13)(H,12,14). The average molecular weight is 208 g/mol. The molecule has 15 heavy (non-hydrogen) atoms. The highest BCUT2D eigenvalue weighted by Gasteiger charge is 2.02. The van der Waals surface area contributed by atoms with Gasteiger partial charge in [-0.05, 0) is 12.1 Å². The molecular formula is C10H12N2O3. The second-order valence-electron chi connectivity index (χ2n) is 2.87. The zero-order valence-corrected chi connectivity index (χ0v) is 8.10. The molecule has 0 unspecified atom stereocenters. The SMILES string of the molecule is NC(=O)COCC(=O)Nc1ccccc1. The van der Waals surface area contributed by atoms with E-state index in [1.165, 1.54) is 0 Å². The summed E-state index contributed by atoms with van der Waals surface area (Å²) in [5.74, 6) is -0.912. The Hall–Kier alpha value is -1.88. The molecule has 3 N–H and O–H groups in total. The van der Waals surface area contributed by atoms with E-state index in [0.29, 0.717) is 5.69 Å².